The second-order valence-electron chi connectivity index (χ2n) is 3.86. The topological polar surface area (TPSA) is 59.1 Å². The number of hydrogen-bond acceptors (Lipinski definition) is 4. The molecule has 14 heavy (non-hydrogen) atoms. The fourth-order valence-electron chi connectivity index (χ4n) is 1.82. The van der Waals surface area contributed by atoms with Crippen molar-refractivity contribution in [3.63, 3.8) is 0 Å². The van der Waals surface area contributed by atoms with Crippen LogP contribution in [0.3, 0.4) is 0 Å². The third-order valence-electron chi connectivity index (χ3n) is 2.75. The van der Waals surface area contributed by atoms with Crippen LogP contribution < -0.4 is 5.73 Å². The van der Waals surface area contributed by atoms with Gasteiger partial charge in [0.1, 0.15) is 5.01 Å². The molecule has 0 spiro atoms. The summed E-state index contributed by atoms with van der Waals surface area (Å²) in [5, 5.41) is 10.4. The van der Waals surface area contributed by atoms with E-state index in [2.05, 4.69) is 20.9 Å². The Morgan fingerprint density at radius 3 is 2.71 bits per heavy atom. The zero-order valence-corrected chi connectivity index (χ0v) is 10.1. The number of thiazole rings is 1. The van der Waals surface area contributed by atoms with Crippen LogP contribution >= 0.6 is 27.3 Å². The second kappa shape index (κ2) is 3.89. The van der Waals surface area contributed by atoms with Gasteiger partial charge in [-0.05, 0) is 41.6 Å². The molecule has 1 fully saturated rings. The Kier molecular flexibility index (Phi) is 2.93. The second-order valence-corrected chi connectivity index (χ2v) is 6.27. The number of nitrogens with zero attached hydrogens (tertiary/aromatic N) is 1. The minimum absolute atomic E-state index is 0.171. The van der Waals surface area contributed by atoms with Crippen molar-refractivity contribution in [2.45, 2.75) is 37.3 Å². The van der Waals surface area contributed by atoms with Gasteiger partial charge in [-0.3, -0.25) is 0 Å². The number of aromatic nitrogens is 1. The van der Waals surface area contributed by atoms with Crippen molar-refractivity contribution in [2.24, 2.45) is 5.73 Å². The van der Waals surface area contributed by atoms with Crippen molar-refractivity contribution in [3.05, 3.63) is 15.0 Å². The van der Waals surface area contributed by atoms with Crippen LogP contribution in [0.1, 0.15) is 30.7 Å². The molecule has 1 saturated carbocycles. The van der Waals surface area contributed by atoms with E-state index in [0.717, 1.165) is 34.5 Å². The Morgan fingerprint density at radius 2 is 2.21 bits per heavy atom. The number of hydrogen-bond donors (Lipinski definition) is 2. The molecular formula is C9H13BrN2OS. The maximum absolute atomic E-state index is 9.41. The molecule has 3 nitrogen and oxygen atoms in total. The van der Waals surface area contributed by atoms with Gasteiger partial charge in [0, 0.05) is 0 Å². The highest BCUT2D eigenvalue weighted by Gasteiger charge is 2.34. The van der Waals surface area contributed by atoms with Gasteiger partial charge in [0.25, 0.3) is 0 Å². The highest BCUT2D eigenvalue weighted by molar-refractivity contribution is 9.11. The molecule has 1 aromatic heterocycles. The van der Waals surface area contributed by atoms with E-state index in [-0.39, 0.29) is 11.6 Å². The first kappa shape index (κ1) is 10.5. The maximum atomic E-state index is 9.41. The van der Waals surface area contributed by atoms with Gasteiger partial charge < -0.3 is 10.8 Å². The minimum Gasteiger partial charge on any atom is -0.393 e. The molecule has 1 heterocycles. The molecular weight excluding hydrogens is 264 g/mol. The molecule has 0 saturated heterocycles. The van der Waals surface area contributed by atoms with Crippen LogP contribution in [0.15, 0.2) is 9.98 Å². The summed E-state index contributed by atoms with van der Waals surface area (Å²) in [6.45, 7) is 0. The first-order valence-electron chi connectivity index (χ1n) is 4.69. The molecule has 1 aliphatic carbocycles. The van der Waals surface area contributed by atoms with Crippen LogP contribution in [0.5, 0.6) is 0 Å². The molecule has 0 aromatic carbocycles. The van der Waals surface area contributed by atoms with Crippen molar-refractivity contribution in [1.82, 2.24) is 4.98 Å². The predicted octanol–water partition coefficient (Wildman–Crippen LogP) is 1.99. The van der Waals surface area contributed by atoms with Crippen LogP contribution in [-0.4, -0.2) is 16.2 Å². The van der Waals surface area contributed by atoms with E-state index in [1.807, 2.05) is 0 Å². The number of aliphatic hydroxyl groups excluding tert-OH is 1. The summed E-state index contributed by atoms with van der Waals surface area (Å²) in [4.78, 5) is 4.30. The van der Waals surface area contributed by atoms with E-state index in [1.165, 1.54) is 0 Å². The molecule has 0 atom stereocenters. The summed E-state index contributed by atoms with van der Waals surface area (Å²) in [6, 6.07) is 0. The van der Waals surface area contributed by atoms with E-state index in [1.54, 1.807) is 17.5 Å². The normalized spacial score (nSPS) is 33.2. The van der Waals surface area contributed by atoms with Gasteiger partial charge in [-0.1, -0.05) is 0 Å². The summed E-state index contributed by atoms with van der Waals surface area (Å²) in [5.41, 5.74) is 5.96. The summed E-state index contributed by atoms with van der Waals surface area (Å²) >= 11 is 4.98. The lowest BCUT2D eigenvalue weighted by Crippen LogP contribution is -2.41. The molecule has 2 rings (SSSR count). The number of aliphatic hydroxyl groups is 1. The minimum atomic E-state index is -0.310. The van der Waals surface area contributed by atoms with Gasteiger partial charge in [0.2, 0.25) is 0 Å². The molecule has 5 heteroatoms. The van der Waals surface area contributed by atoms with Crippen LogP contribution in [0.2, 0.25) is 0 Å². The Bertz CT molecular complexity index is 320. The van der Waals surface area contributed by atoms with Gasteiger partial charge >= 0.3 is 0 Å². The molecule has 0 radical (unpaired) electrons. The zero-order chi connectivity index (χ0) is 10.2. The maximum Gasteiger partial charge on any atom is 0.114 e. The zero-order valence-electron chi connectivity index (χ0n) is 7.74. The van der Waals surface area contributed by atoms with Crippen molar-refractivity contribution in [1.29, 1.82) is 0 Å². The quantitative estimate of drug-likeness (QED) is 0.825. The summed E-state index contributed by atoms with van der Waals surface area (Å²) in [6.07, 6.45) is 4.85. The van der Waals surface area contributed by atoms with Gasteiger partial charge in [-0.15, -0.1) is 11.3 Å². The van der Waals surface area contributed by atoms with Gasteiger partial charge in [0.15, 0.2) is 0 Å². The SMILES string of the molecule is NC1(c2ncc(Br)s2)CCC(O)CC1. The van der Waals surface area contributed by atoms with Crippen LogP contribution in [-0.2, 0) is 5.54 Å². The van der Waals surface area contributed by atoms with Gasteiger partial charge in [-0.25, -0.2) is 4.98 Å². The smallest absolute Gasteiger partial charge is 0.114 e. The molecule has 3 N–H and O–H groups in total. The van der Waals surface area contributed by atoms with E-state index < -0.39 is 0 Å². The number of halogens is 1. The first-order chi connectivity index (χ1) is 6.60. The fourth-order valence-corrected chi connectivity index (χ4v) is 3.18. The Morgan fingerprint density at radius 1 is 1.57 bits per heavy atom. The molecule has 1 aliphatic rings. The lowest BCUT2D eigenvalue weighted by Gasteiger charge is -2.33. The molecule has 1 aromatic rings. The van der Waals surface area contributed by atoms with Crippen LogP contribution in [0.4, 0.5) is 0 Å². The Hall–Kier alpha value is 0.0300. The highest BCUT2D eigenvalue weighted by Crippen LogP contribution is 2.37. The molecule has 0 bridgehead atoms. The average molecular weight is 277 g/mol. The predicted molar refractivity (Wildman–Crippen MR) is 60.2 cm³/mol. The van der Waals surface area contributed by atoms with E-state index in [9.17, 15) is 5.11 Å². The van der Waals surface area contributed by atoms with Crippen LogP contribution in [0, 0.1) is 0 Å². The number of rotatable bonds is 1. The molecule has 0 aliphatic heterocycles. The lowest BCUT2D eigenvalue weighted by molar-refractivity contribution is 0.0968. The average Bonchev–Trinajstić information content (AvgIpc) is 2.58. The van der Waals surface area contributed by atoms with E-state index in [4.69, 9.17) is 5.73 Å². The van der Waals surface area contributed by atoms with Crippen LogP contribution in [0.25, 0.3) is 0 Å². The first-order valence-corrected chi connectivity index (χ1v) is 6.30. The Labute approximate surface area is 95.5 Å². The monoisotopic (exact) mass is 276 g/mol. The fraction of sp³-hybridized carbons (Fsp3) is 0.667. The summed E-state index contributed by atoms with van der Waals surface area (Å²) in [7, 11) is 0. The third-order valence-corrected chi connectivity index (χ3v) is 4.45. The largest absolute Gasteiger partial charge is 0.393 e. The summed E-state index contributed by atoms with van der Waals surface area (Å²) in [5.74, 6) is 0. The Balaban J connectivity index is 2.16. The molecule has 0 amide bonds. The van der Waals surface area contributed by atoms with E-state index in [0.29, 0.717) is 0 Å². The molecule has 78 valence electrons. The van der Waals surface area contributed by atoms with Crippen molar-refractivity contribution in [3.8, 4) is 0 Å². The van der Waals surface area contributed by atoms with Gasteiger partial charge in [0.05, 0.1) is 21.6 Å². The van der Waals surface area contributed by atoms with Crippen molar-refractivity contribution in [2.75, 3.05) is 0 Å². The van der Waals surface area contributed by atoms with E-state index >= 15 is 0 Å². The van der Waals surface area contributed by atoms with Crippen molar-refractivity contribution < 1.29 is 5.11 Å². The highest BCUT2D eigenvalue weighted by atomic mass is 79.9. The lowest BCUT2D eigenvalue weighted by atomic mass is 9.82. The van der Waals surface area contributed by atoms with Crippen molar-refractivity contribution >= 4 is 27.3 Å². The standard InChI is InChI=1S/C9H13BrN2OS/c10-7-5-12-8(14-7)9(11)3-1-6(13)2-4-9/h5-6,13H,1-4,11H2. The summed E-state index contributed by atoms with van der Waals surface area (Å²) < 4.78 is 1.02. The molecule has 0 unspecified atom stereocenters. The number of nitrogens with two attached hydrogens (primary N) is 1. The third kappa shape index (κ3) is 2.00. The van der Waals surface area contributed by atoms with Gasteiger partial charge in [-0.2, -0.15) is 0 Å².